The van der Waals surface area contributed by atoms with Crippen LogP contribution in [-0.4, -0.2) is 28.8 Å². The van der Waals surface area contributed by atoms with Gasteiger partial charge in [0.05, 0.1) is 18.2 Å². The first-order valence-electron chi connectivity index (χ1n) is 9.46. The standard InChI is InChI=1S/C23H23N3O2/c1-26-16-24-14-17(26)8-6-7-13-25-23(27)28-15-22-20-11-4-2-9-18(20)19-10-3-5-12-21(19)22/h2-6,8-12,14,16,22H,7,13,15H2,1H3,(H,25,27). The fourth-order valence-electron chi connectivity index (χ4n) is 3.64. The number of ether oxygens (including phenoxy) is 1. The molecule has 1 N–H and O–H groups in total. The van der Waals surface area contributed by atoms with E-state index in [1.54, 1.807) is 12.5 Å². The Kier molecular flexibility index (Phi) is 5.24. The number of hydrogen-bond acceptors (Lipinski definition) is 3. The van der Waals surface area contributed by atoms with Crippen molar-refractivity contribution in [2.45, 2.75) is 12.3 Å². The number of aromatic nitrogens is 2. The molecule has 1 aliphatic carbocycles. The van der Waals surface area contributed by atoms with Crippen LogP contribution < -0.4 is 5.32 Å². The predicted molar refractivity (Wildman–Crippen MR) is 110 cm³/mol. The smallest absolute Gasteiger partial charge is 0.407 e. The summed E-state index contributed by atoms with van der Waals surface area (Å²) in [6, 6.07) is 16.6. The van der Waals surface area contributed by atoms with Crippen molar-refractivity contribution in [3.05, 3.63) is 84.0 Å². The Morgan fingerprint density at radius 1 is 1.14 bits per heavy atom. The summed E-state index contributed by atoms with van der Waals surface area (Å²) in [5, 5.41) is 2.81. The predicted octanol–water partition coefficient (Wildman–Crippen LogP) is 4.36. The summed E-state index contributed by atoms with van der Waals surface area (Å²) in [6.07, 6.45) is 7.92. The van der Waals surface area contributed by atoms with Gasteiger partial charge in [-0.3, -0.25) is 0 Å². The van der Waals surface area contributed by atoms with E-state index in [9.17, 15) is 4.79 Å². The summed E-state index contributed by atoms with van der Waals surface area (Å²) < 4.78 is 7.46. The molecule has 28 heavy (non-hydrogen) atoms. The number of hydrogen-bond donors (Lipinski definition) is 1. The highest BCUT2D eigenvalue weighted by Gasteiger charge is 2.28. The Morgan fingerprint density at radius 3 is 2.46 bits per heavy atom. The molecule has 1 aromatic heterocycles. The number of benzene rings is 2. The van der Waals surface area contributed by atoms with Crippen molar-refractivity contribution in [1.82, 2.24) is 14.9 Å². The zero-order chi connectivity index (χ0) is 19.3. The first-order valence-corrected chi connectivity index (χ1v) is 9.46. The largest absolute Gasteiger partial charge is 0.449 e. The van der Waals surface area contributed by atoms with Crippen molar-refractivity contribution in [2.24, 2.45) is 7.05 Å². The maximum absolute atomic E-state index is 12.1. The Labute approximate surface area is 164 Å². The van der Waals surface area contributed by atoms with Crippen molar-refractivity contribution in [3.63, 3.8) is 0 Å². The summed E-state index contributed by atoms with van der Waals surface area (Å²) in [6.45, 7) is 0.871. The third kappa shape index (κ3) is 3.69. The average Bonchev–Trinajstić information content (AvgIpc) is 3.27. The van der Waals surface area contributed by atoms with E-state index in [0.29, 0.717) is 13.2 Å². The van der Waals surface area contributed by atoms with Gasteiger partial charge in [-0.2, -0.15) is 0 Å². The minimum Gasteiger partial charge on any atom is -0.449 e. The number of alkyl carbamates (subject to hydrolysis) is 1. The number of imidazole rings is 1. The highest BCUT2D eigenvalue weighted by molar-refractivity contribution is 5.79. The first kappa shape index (κ1) is 18.0. The van der Waals surface area contributed by atoms with E-state index >= 15 is 0 Å². The lowest BCUT2D eigenvalue weighted by Gasteiger charge is -2.14. The lowest BCUT2D eigenvalue weighted by Crippen LogP contribution is -2.26. The van der Waals surface area contributed by atoms with Crippen LogP contribution in [-0.2, 0) is 11.8 Å². The molecule has 2 aromatic carbocycles. The first-order chi connectivity index (χ1) is 13.7. The van der Waals surface area contributed by atoms with Crippen LogP contribution in [0.4, 0.5) is 4.79 Å². The van der Waals surface area contributed by atoms with E-state index in [1.165, 1.54) is 22.3 Å². The van der Waals surface area contributed by atoms with E-state index in [1.807, 2.05) is 48.0 Å². The molecule has 142 valence electrons. The Hall–Kier alpha value is -3.34. The topological polar surface area (TPSA) is 56.2 Å². The molecule has 3 aromatic rings. The fourth-order valence-corrected chi connectivity index (χ4v) is 3.64. The molecule has 0 unspecified atom stereocenters. The number of rotatable bonds is 6. The number of carbonyl (C=O) groups is 1. The molecule has 0 aliphatic heterocycles. The van der Waals surface area contributed by atoms with Crippen LogP contribution in [0.15, 0.2) is 67.1 Å². The summed E-state index contributed by atoms with van der Waals surface area (Å²) in [5.74, 6) is 0.0860. The van der Waals surface area contributed by atoms with Crippen molar-refractivity contribution in [1.29, 1.82) is 0 Å². The van der Waals surface area contributed by atoms with Crippen molar-refractivity contribution in [3.8, 4) is 11.1 Å². The van der Waals surface area contributed by atoms with Gasteiger partial charge >= 0.3 is 6.09 Å². The number of aryl methyl sites for hydroxylation is 1. The molecule has 0 saturated carbocycles. The summed E-state index contributed by atoms with van der Waals surface area (Å²) >= 11 is 0. The lowest BCUT2D eigenvalue weighted by atomic mass is 9.98. The van der Waals surface area contributed by atoms with Gasteiger partial charge in [0, 0.05) is 19.5 Å². The van der Waals surface area contributed by atoms with E-state index in [0.717, 1.165) is 12.1 Å². The minimum atomic E-state index is -0.379. The van der Waals surface area contributed by atoms with Gasteiger partial charge < -0.3 is 14.6 Å². The second kappa shape index (κ2) is 8.13. The summed E-state index contributed by atoms with van der Waals surface area (Å²) in [5.41, 5.74) is 5.92. The van der Waals surface area contributed by atoms with E-state index in [2.05, 4.69) is 34.6 Å². The molecule has 0 radical (unpaired) electrons. The van der Waals surface area contributed by atoms with Gasteiger partial charge in [-0.1, -0.05) is 54.6 Å². The van der Waals surface area contributed by atoms with Gasteiger partial charge in [0.25, 0.3) is 0 Å². The van der Waals surface area contributed by atoms with E-state index in [-0.39, 0.29) is 12.0 Å². The molecular weight excluding hydrogens is 350 g/mol. The third-order valence-corrected chi connectivity index (χ3v) is 5.07. The van der Waals surface area contributed by atoms with Crippen molar-refractivity contribution < 1.29 is 9.53 Å². The van der Waals surface area contributed by atoms with E-state index in [4.69, 9.17) is 4.74 Å². The third-order valence-electron chi connectivity index (χ3n) is 5.07. The number of nitrogens with one attached hydrogen (secondary N) is 1. The summed E-state index contributed by atoms with van der Waals surface area (Å²) in [7, 11) is 1.95. The van der Waals surface area contributed by atoms with Gasteiger partial charge in [0.15, 0.2) is 0 Å². The number of nitrogens with zero attached hydrogens (tertiary/aromatic N) is 2. The zero-order valence-corrected chi connectivity index (χ0v) is 15.8. The van der Waals surface area contributed by atoms with Gasteiger partial charge in [-0.05, 0) is 34.8 Å². The molecule has 0 fully saturated rings. The average molecular weight is 373 g/mol. The molecule has 0 atom stereocenters. The molecule has 5 heteroatoms. The fraction of sp³-hybridized carbons (Fsp3) is 0.217. The minimum absolute atomic E-state index is 0.0860. The van der Waals surface area contributed by atoms with Crippen molar-refractivity contribution >= 4 is 12.2 Å². The molecule has 1 amide bonds. The quantitative estimate of drug-likeness (QED) is 0.653. The molecule has 4 rings (SSSR count). The summed E-state index contributed by atoms with van der Waals surface area (Å²) in [4.78, 5) is 16.2. The van der Waals surface area contributed by atoms with Crippen molar-refractivity contribution in [2.75, 3.05) is 13.2 Å². The normalized spacial score (nSPS) is 12.8. The maximum Gasteiger partial charge on any atom is 0.407 e. The molecular formula is C23H23N3O2. The second-order valence-corrected chi connectivity index (χ2v) is 6.87. The SMILES string of the molecule is Cn1cncc1C=CCCNC(=O)OCC1c2ccccc2-c2ccccc21. The Bertz CT molecular complexity index is 961. The second-order valence-electron chi connectivity index (χ2n) is 6.87. The lowest BCUT2D eigenvalue weighted by molar-refractivity contribution is 0.143. The van der Waals surface area contributed by atoms with Gasteiger partial charge in [0.2, 0.25) is 0 Å². The Morgan fingerprint density at radius 2 is 1.82 bits per heavy atom. The van der Waals surface area contributed by atoms with Crippen LogP contribution in [0.1, 0.15) is 29.2 Å². The molecule has 0 spiro atoms. The van der Waals surface area contributed by atoms with Crippen LogP contribution >= 0.6 is 0 Å². The number of amides is 1. The molecule has 5 nitrogen and oxygen atoms in total. The monoisotopic (exact) mass is 373 g/mol. The molecule has 1 aliphatic rings. The number of carbonyl (C=O) groups excluding carboxylic acids is 1. The van der Waals surface area contributed by atoms with Crippen LogP contribution in [0.3, 0.4) is 0 Å². The van der Waals surface area contributed by atoms with Gasteiger partial charge in [-0.15, -0.1) is 0 Å². The van der Waals surface area contributed by atoms with Gasteiger partial charge in [0.1, 0.15) is 6.61 Å². The Balaban J connectivity index is 1.29. The maximum atomic E-state index is 12.1. The van der Waals surface area contributed by atoms with Crippen LogP contribution in [0.5, 0.6) is 0 Å². The van der Waals surface area contributed by atoms with E-state index < -0.39 is 0 Å². The zero-order valence-electron chi connectivity index (χ0n) is 15.8. The molecule has 0 bridgehead atoms. The van der Waals surface area contributed by atoms with Gasteiger partial charge in [-0.25, -0.2) is 9.78 Å². The number of fused-ring (bicyclic) bond motifs is 3. The van der Waals surface area contributed by atoms with Crippen LogP contribution in [0.2, 0.25) is 0 Å². The molecule has 1 heterocycles. The molecule has 0 saturated heterocycles. The highest BCUT2D eigenvalue weighted by Crippen LogP contribution is 2.44. The van der Waals surface area contributed by atoms with Crippen LogP contribution in [0.25, 0.3) is 17.2 Å². The van der Waals surface area contributed by atoms with Crippen LogP contribution in [0, 0.1) is 0 Å². The highest BCUT2D eigenvalue weighted by atomic mass is 16.5.